The molecule has 0 aromatic heterocycles. The number of hydrogen-bond acceptors (Lipinski definition) is 2. The third-order valence-corrected chi connectivity index (χ3v) is 2.38. The predicted molar refractivity (Wildman–Crippen MR) is 59.4 cm³/mol. The van der Waals surface area contributed by atoms with Gasteiger partial charge in [-0.1, -0.05) is 42.5 Å². The van der Waals surface area contributed by atoms with E-state index < -0.39 is 6.10 Å². The van der Waals surface area contributed by atoms with Gasteiger partial charge in [0.1, 0.15) is 6.10 Å². The monoisotopic (exact) mass is 199 g/mol. The van der Waals surface area contributed by atoms with Crippen LogP contribution in [0.4, 0.5) is 0 Å². The first-order chi connectivity index (χ1) is 7.29. The zero-order chi connectivity index (χ0) is 10.7. The lowest BCUT2D eigenvalue weighted by Gasteiger charge is -2.04. The van der Waals surface area contributed by atoms with E-state index in [9.17, 15) is 4.79 Å². The van der Waals surface area contributed by atoms with E-state index in [1.54, 1.807) is 6.29 Å². The highest BCUT2D eigenvalue weighted by molar-refractivity contribution is 5.83. The van der Waals surface area contributed by atoms with Crippen LogP contribution in [0, 0.1) is 0 Å². The van der Waals surface area contributed by atoms with E-state index in [2.05, 4.69) is 0 Å². The maximum absolute atomic E-state index is 10.2. The number of benzene rings is 2. The van der Waals surface area contributed by atoms with Crippen LogP contribution in [0.25, 0.3) is 10.8 Å². The summed E-state index contributed by atoms with van der Waals surface area (Å²) >= 11 is 0. The molecule has 2 aromatic rings. The lowest BCUT2D eigenvalue weighted by atomic mass is 10.0. The van der Waals surface area contributed by atoms with E-state index in [1.807, 2.05) is 42.5 Å². The van der Waals surface area contributed by atoms with E-state index in [4.69, 9.17) is 5.11 Å². The Hall–Kier alpha value is -1.67. The molecule has 2 aromatic carbocycles. The van der Waals surface area contributed by atoms with Crippen LogP contribution in [-0.4, -0.2) is 17.5 Å². The first-order valence-corrected chi connectivity index (χ1v) is 4.83. The second-order valence-electron chi connectivity index (χ2n) is 3.52. The summed E-state index contributed by atoms with van der Waals surface area (Å²) in [7, 11) is 0. The smallest absolute Gasteiger partial charge is 0.229 e. The number of rotatable bonds is 3. The minimum absolute atomic E-state index is 0.328. The Labute approximate surface area is 88.2 Å². The molecule has 1 atom stereocenters. The Balaban J connectivity index is 2.34. The Bertz CT molecular complexity index is 477. The molecule has 0 heterocycles. The molecule has 1 radical (unpaired) electrons. The molecule has 0 saturated carbocycles. The minimum atomic E-state index is -1.02. The molecule has 75 valence electrons. The Kier molecular flexibility index (Phi) is 2.79. The molecule has 0 bridgehead atoms. The van der Waals surface area contributed by atoms with Crippen molar-refractivity contribution in [2.24, 2.45) is 0 Å². The molecular weight excluding hydrogens is 188 g/mol. The summed E-state index contributed by atoms with van der Waals surface area (Å²) in [6.45, 7) is 0. The largest absolute Gasteiger partial charge is 0.384 e. The van der Waals surface area contributed by atoms with Crippen molar-refractivity contribution in [3.63, 3.8) is 0 Å². The van der Waals surface area contributed by atoms with E-state index in [0.29, 0.717) is 6.42 Å². The SMILES string of the molecule is O=[C][C@@H](O)Cc1ccc2ccccc2c1. The van der Waals surface area contributed by atoms with Crippen LogP contribution in [0.2, 0.25) is 0 Å². The average molecular weight is 199 g/mol. The van der Waals surface area contributed by atoms with Crippen LogP contribution >= 0.6 is 0 Å². The zero-order valence-corrected chi connectivity index (χ0v) is 8.18. The third-order valence-electron chi connectivity index (χ3n) is 2.38. The quantitative estimate of drug-likeness (QED) is 0.819. The van der Waals surface area contributed by atoms with Gasteiger partial charge >= 0.3 is 0 Å². The third kappa shape index (κ3) is 2.22. The standard InChI is InChI=1S/C13H11O2/c14-9-13(15)8-10-5-6-11-3-1-2-4-12(11)7-10/h1-7,13,15H,8H2/t13-/m0/s1. The van der Waals surface area contributed by atoms with Crippen molar-refractivity contribution in [3.8, 4) is 0 Å². The summed E-state index contributed by atoms with van der Waals surface area (Å²) in [4.78, 5) is 10.2. The first-order valence-electron chi connectivity index (χ1n) is 4.83. The topological polar surface area (TPSA) is 37.3 Å². The molecule has 0 unspecified atom stereocenters. The van der Waals surface area contributed by atoms with Gasteiger partial charge in [-0.2, -0.15) is 0 Å². The van der Waals surface area contributed by atoms with Gasteiger partial charge in [-0.3, -0.25) is 4.79 Å². The van der Waals surface area contributed by atoms with E-state index in [-0.39, 0.29) is 0 Å². The molecule has 2 rings (SSSR count). The van der Waals surface area contributed by atoms with Crippen molar-refractivity contribution in [1.29, 1.82) is 0 Å². The van der Waals surface area contributed by atoms with E-state index >= 15 is 0 Å². The van der Waals surface area contributed by atoms with Gasteiger partial charge in [0.15, 0.2) is 0 Å². The molecule has 0 spiro atoms. The minimum Gasteiger partial charge on any atom is -0.384 e. The van der Waals surface area contributed by atoms with Crippen molar-refractivity contribution in [3.05, 3.63) is 48.0 Å². The Morgan fingerprint density at radius 2 is 1.87 bits per heavy atom. The number of carbonyl (C=O) groups excluding carboxylic acids is 1. The van der Waals surface area contributed by atoms with Gasteiger partial charge in [0.2, 0.25) is 6.29 Å². The number of aliphatic hydroxyl groups is 1. The van der Waals surface area contributed by atoms with Crippen LogP contribution in [-0.2, 0) is 11.2 Å². The highest BCUT2D eigenvalue weighted by Gasteiger charge is 2.04. The summed E-state index contributed by atoms with van der Waals surface area (Å²) in [6, 6.07) is 13.9. The van der Waals surface area contributed by atoms with Crippen molar-refractivity contribution in [2.75, 3.05) is 0 Å². The molecule has 0 aliphatic carbocycles. The van der Waals surface area contributed by atoms with Crippen LogP contribution < -0.4 is 0 Å². The molecule has 0 fully saturated rings. The summed E-state index contributed by atoms with van der Waals surface area (Å²) in [5.41, 5.74) is 0.949. The predicted octanol–water partition coefficient (Wildman–Crippen LogP) is 1.85. The van der Waals surface area contributed by atoms with Gasteiger partial charge < -0.3 is 5.11 Å². The van der Waals surface area contributed by atoms with Gasteiger partial charge in [-0.05, 0) is 16.3 Å². The molecule has 0 aliphatic heterocycles. The number of hydrogen-bond donors (Lipinski definition) is 1. The number of aliphatic hydroxyl groups excluding tert-OH is 1. The first kappa shape index (κ1) is 9.87. The van der Waals surface area contributed by atoms with Crippen molar-refractivity contribution < 1.29 is 9.90 Å². The molecule has 2 nitrogen and oxygen atoms in total. The van der Waals surface area contributed by atoms with Gasteiger partial charge in [-0.15, -0.1) is 0 Å². The van der Waals surface area contributed by atoms with Gasteiger partial charge in [-0.25, -0.2) is 0 Å². The highest BCUT2D eigenvalue weighted by atomic mass is 16.3. The highest BCUT2D eigenvalue weighted by Crippen LogP contribution is 2.16. The zero-order valence-electron chi connectivity index (χ0n) is 8.18. The normalized spacial score (nSPS) is 12.6. The molecule has 15 heavy (non-hydrogen) atoms. The van der Waals surface area contributed by atoms with Crippen LogP contribution in [0.5, 0.6) is 0 Å². The lowest BCUT2D eigenvalue weighted by Crippen LogP contribution is -2.11. The Morgan fingerprint density at radius 1 is 1.13 bits per heavy atom. The summed E-state index contributed by atoms with van der Waals surface area (Å²) in [6.07, 6.45) is 0.873. The fraction of sp³-hybridized carbons (Fsp3) is 0.154. The van der Waals surface area contributed by atoms with Gasteiger partial charge in [0.25, 0.3) is 0 Å². The molecule has 1 N–H and O–H groups in total. The van der Waals surface area contributed by atoms with Crippen LogP contribution in [0.1, 0.15) is 5.56 Å². The summed E-state index contributed by atoms with van der Waals surface area (Å²) < 4.78 is 0. The number of fused-ring (bicyclic) bond motifs is 1. The summed E-state index contributed by atoms with van der Waals surface area (Å²) in [5.74, 6) is 0. The molecule has 0 aliphatic rings. The lowest BCUT2D eigenvalue weighted by molar-refractivity contribution is 0.235. The fourth-order valence-electron chi connectivity index (χ4n) is 1.63. The molecule has 2 heteroatoms. The summed E-state index contributed by atoms with van der Waals surface area (Å²) in [5, 5.41) is 11.4. The van der Waals surface area contributed by atoms with Crippen molar-refractivity contribution in [1.82, 2.24) is 0 Å². The van der Waals surface area contributed by atoms with E-state index in [1.165, 1.54) is 0 Å². The van der Waals surface area contributed by atoms with Crippen LogP contribution in [0.3, 0.4) is 0 Å². The molecule has 0 saturated heterocycles. The van der Waals surface area contributed by atoms with Gasteiger partial charge in [0.05, 0.1) is 0 Å². The maximum atomic E-state index is 10.2. The average Bonchev–Trinajstić information content (AvgIpc) is 2.29. The fourth-order valence-corrected chi connectivity index (χ4v) is 1.63. The second kappa shape index (κ2) is 4.24. The van der Waals surface area contributed by atoms with E-state index in [0.717, 1.165) is 16.3 Å². The maximum Gasteiger partial charge on any atom is 0.229 e. The Morgan fingerprint density at radius 3 is 2.60 bits per heavy atom. The molecule has 0 amide bonds. The second-order valence-corrected chi connectivity index (χ2v) is 3.52. The molecular formula is C13H11O2. The van der Waals surface area contributed by atoms with Crippen LogP contribution in [0.15, 0.2) is 42.5 Å². The van der Waals surface area contributed by atoms with Crippen molar-refractivity contribution in [2.45, 2.75) is 12.5 Å². The van der Waals surface area contributed by atoms with Crippen molar-refractivity contribution >= 4 is 17.1 Å². The van der Waals surface area contributed by atoms with Gasteiger partial charge in [0, 0.05) is 6.42 Å².